The van der Waals surface area contributed by atoms with E-state index in [1.54, 1.807) is 28.3 Å². The average Bonchev–Trinajstić information content (AvgIpc) is 3.28. The van der Waals surface area contributed by atoms with Gasteiger partial charge in [0.05, 0.1) is 27.0 Å². The standard InChI is InChI=1S/C25H33N7O5S/c1-15-22(23(33)34)38-25(26-15)29-24-27-19(13-20(28-24)32-9-7-30(2)8-10-32)31(3)14-16-11-17(35-4)21(37-6)18(12-16)36-5/h11-13H,7-10,14H2,1-6H3,(H,33,34)(H,26,27,28,29). The van der Waals surface area contributed by atoms with Crippen LogP contribution >= 0.6 is 11.3 Å². The van der Waals surface area contributed by atoms with Crippen molar-refractivity contribution in [1.82, 2.24) is 19.9 Å². The molecule has 0 aliphatic carbocycles. The molecule has 13 heteroatoms. The minimum atomic E-state index is -1.01. The summed E-state index contributed by atoms with van der Waals surface area (Å²) in [6, 6.07) is 5.78. The molecule has 12 nitrogen and oxygen atoms in total. The normalized spacial score (nSPS) is 13.8. The fourth-order valence-electron chi connectivity index (χ4n) is 4.20. The molecule has 1 saturated heterocycles. The van der Waals surface area contributed by atoms with Crippen LogP contribution in [0.2, 0.25) is 0 Å². The van der Waals surface area contributed by atoms with E-state index in [1.165, 1.54) is 0 Å². The molecule has 0 bridgehead atoms. The second-order valence-corrected chi connectivity index (χ2v) is 9.95. The van der Waals surface area contributed by atoms with Gasteiger partial charge in [0.1, 0.15) is 16.5 Å². The molecule has 1 aliphatic rings. The Hall–Kier alpha value is -3.84. The SMILES string of the molecule is COc1cc(CN(C)c2cc(N3CCN(C)CC3)nc(Nc3nc(C)c(C(=O)O)s3)n2)cc(OC)c1OC. The van der Waals surface area contributed by atoms with E-state index in [9.17, 15) is 9.90 Å². The maximum Gasteiger partial charge on any atom is 0.347 e. The molecule has 38 heavy (non-hydrogen) atoms. The molecule has 1 fully saturated rings. The van der Waals surface area contributed by atoms with Gasteiger partial charge in [-0.2, -0.15) is 9.97 Å². The Morgan fingerprint density at radius 1 is 1.05 bits per heavy atom. The average molecular weight is 544 g/mol. The molecular formula is C25H33N7O5S. The Morgan fingerprint density at radius 2 is 1.71 bits per heavy atom. The van der Waals surface area contributed by atoms with Gasteiger partial charge in [0, 0.05) is 45.8 Å². The summed E-state index contributed by atoms with van der Waals surface area (Å²) >= 11 is 1.06. The van der Waals surface area contributed by atoms with Crippen molar-refractivity contribution in [3.63, 3.8) is 0 Å². The van der Waals surface area contributed by atoms with Crippen LogP contribution < -0.4 is 29.3 Å². The lowest BCUT2D eigenvalue weighted by atomic mass is 10.1. The zero-order chi connectivity index (χ0) is 27.4. The first kappa shape index (κ1) is 27.2. The molecule has 0 atom stereocenters. The van der Waals surface area contributed by atoms with Gasteiger partial charge in [0.25, 0.3) is 0 Å². The number of rotatable bonds is 10. The van der Waals surface area contributed by atoms with Crippen molar-refractivity contribution in [2.45, 2.75) is 13.5 Å². The first-order valence-electron chi connectivity index (χ1n) is 12.0. The van der Waals surface area contributed by atoms with Gasteiger partial charge in [-0.05, 0) is 31.7 Å². The Morgan fingerprint density at radius 3 is 2.26 bits per heavy atom. The summed E-state index contributed by atoms with van der Waals surface area (Å²) in [6.45, 7) is 5.71. The van der Waals surface area contributed by atoms with Crippen LogP contribution in [0.25, 0.3) is 0 Å². The third-order valence-electron chi connectivity index (χ3n) is 6.27. The summed E-state index contributed by atoms with van der Waals surface area (Å²) < 4.78 is 16.5. The zero-order valence-electron chi connectivity index (χ0n) is 22.4. The minimum absolute atomic E-state index is 0.183. The molecule has 0 spiro atoms. The number of thiazole rings is 1. The minimum Gasteiger partial charge on any atom is -0.493 e. The number of anilines is 4. The van der Waals surface area contributed by atoms with E-state index in [2.05, 4.69) is 27.1 Å². The number of aryl methyl sites for hydroxylation is 1. The van der Waals surface area contributed by atoms with Crippen molar-refractivity contribution in [3.05, 3.63) is 34.3 Å². The van der Waals surface area contributed by atoms with Crippen molar-refractivity contribution in [2.75, 3.05) is 76.7 Å². The Balaban J connectivity index is 1.66. The highest BCUT2D eigenvalue weighted by Crippen LogP contribution is 2.38. The molecule has 2 N–H and O–H groups in total. The summed E-state index contributed by atoms with van der Waals surface area (Å²) in [5.41, 5.74) is 1.39. The lowest BCUT2D eigenvalue weighted by molar-refractivity contribution is 0.0701. The quantitative estimate of drug-likeness (QED) is 0.390. The Bertz CT molecular complexity index is 1270. The van der Waals surface area contributed by atoms with E-state index in [0.29, 0.717) is 46.4 Å². The number of benzene rings is 1. The molecule has 3 heterocycles. The summed E-state index contributed by atoms with van der Waals surface area (Å²) in [7, 11) is 8.80. The Kier molecular flexibility index (Phi) is 8.37. The molecular weight excluding hydrogens is 510 g/mol. The predicted octanol–water partition coefficient (Wildman–Crippen LogP) is 3.10. The number of carboxylic acids is 1. The third-order valence-corrected chi connectivity index (χ3v) is 7.33. The van der Waals surface area contributed by atoms with Crippen molar-refractivity contribution in [3.8, 4) is 17.2 Å². The number of hydrogen-bond acceptors (Lipinski definition) is 12. The number of carbonyl (C=O) groups is 1. The van der Waals surface area contributed by atoms with Crippen molar-refractivity contribution < 1.29 is 24.1 Å². The highest BCUT2D eigenvalue weighted by molar-refractivity contribution is 7.17. The highest BCUT2D eigenvalue weighted by Gasteiger charge is 2.21. The number of aromatic carboxylic acids is 1. The number of methoxy groups -OCH3 is 3. The summed E-state index contributed by atoms with van der Waals surface area (Å²) in [4.78, 5) is 32.0. The number of nitrogens with zero attached hydrogens (tertiary/aromatic N) is 6. The maximum absolute atomic E-state index is 11.5. The van der Waals surface area contributed by atoms with Gasteiger partial charge < -0.3 is 34.0 Å². The first-order valence-corrected chi connectivity index (χ1v) is 12.8. The Labute approximate surface area is 225 Å². The van der Waals surface area contributed by atoms with E-state index < -0.39 is 5.97 Å². The third kappa shape index (κ3) is 6.00. The van der Waals surface area contributed by atoms with E-state index in [1.807, 2.05) is 30.1 Å². The van der Waals surface area contributed by atoms with Gasteiger partial charge in [0.15, 0.2) is 16.6 Å². The van der Waals surface area contributed by atoms with Gasteiger partial charge in [0.2, 0.25) is 11.7 Å². The van der Waals surface area contributed by atoms with E-state index in [0.717, 1.165) is 48.9 Å². The number of piperazine rings is 1. The van der Waals surface area contributed by atoms with Crippen molar-refractivity contribution in [2.24, 2.45) is 0 Å². The first-order chi connectivity index (χ1) is 18.2. The number of ether oxygens (including phenoxy) is 3. The number of likely N-dealkylation sites (N-methyl/N-ethyl adjacent to an activating group) is 1. The summed E-state index contributed by atoms with van der Waals surface area (Å²) in [5.74, 6) is 2.50. The van der Waals surface area contributed by atoms with E-state index >= 15 is 0 Å². The van der Waals surface area contributed by atoms with Crippen LogP contribution in [0.1, 0.15) is 20.9 Å². The van der Waals surface area contributed by atoms with Crippen LogP contribution in [0.4, 0.5) is 22.7 Å². The molecule has 2 aromatic heterocycles. The second kappa shape index (κ2) is 11.7. The van der Waals surface area contributed by atoms with Gasteiger partial charge >= 0.3 is 5.97 Å². The topological polar surface area (TPSA) is 125 Å². The second-order valence-electron chi connectivity index (χ2n) is 8.95. The molecule has 0 saturated carbocycles. The van der Waals surface area contributed by atoms with Gasteiger partial charge in [-0.15, -0.1) is 0 Å². The lowest BCUT2D eigenvalue weighted by Gasteiger charge is -2.33. The number of nitrogens with one attached hydrogen (secondary N) is 1. The number of aromatic nitrogens is 3. The van der Waals surface area contributed by atoms with Crippen LogP contribution in [0.5, 0.6) is 17.2 Å². The molecule has 1 aromatic carbocycles. The van der Waals surface area contributed by atoms with Crippen molar-refractivity contribution >= 4 is 40.0 Å². The zero-order valence-corrected chi connectivity index (χ0v) is 23.3. The summed E-state index contributed by atoms with van der Waals surface area (Å²) in [6.07, 6.45) is 0. The number of carboxylic acid groups (broad SMARTS) is 1. The number of hydrogen-bond donors (Lipinski definition) is 2. The lowest BCUT2D eigenvalue weighted by Crippen LogP contribution is -2.45. The van der Waals surface area contributed by atoms with Gasteiger partial charge in [-0.1, -0.05) is 11.3 Å². The summed E-state index contributed by atoms with van der Waals surface area (Å²) in [5, 5.41) is 13.0. The van der Waals surface area contributed by atoms with E-state index in [-0.39, 0.29) is 4.88 Å². The van der Waals surface area contributed by atoms with Gasteiger partial charge in [-0.25, -0.2) is 9.78 Å². The smallest absolute Gasteiger partial charge is 0.347 e. The molecule has 0 radical (unpaired) electrons. The fraction of sp³-hybridized carbons (Fsp3) is 0.440. The molecule has 1 aliphatic heterocycles. The van der Waals surface area contributed by atoms with Crippen LogP contribution in [0, 0.1) is 6.92 Å². The highest BCUT2D eigenvalue weighted by atomic mass is 32.1. The monoisotopic (exact) mass is 543 g/mol. The predicted molar refractivity (Wildman–Crippen MR) is 147 cm³/mol. The van der Waals surface area contributed by atoms with Gasteiger partial charge in [-0.3, -0.25) is 5.32 Å². The molecule has 0 unspecified atom stereocenters. The molecule has 3 aromatic rings. The molecule has 204 valence electrons. The van der Waals surface area contributed by atoms with Crippen LogP contribution in [0.15, 0.2) is 18.2 Å². The van der Waals surface area contributed by atoms with Crippen LogP contribution in [0.3, 0.4) is 0 Å². The van der Waals surface area contributed by atoms with Crippen molar-refractivity contribution in [1.29, 1.82) is 0 Å². The van der Waals surface area contributed by atoms with Crippen LogP contribution in [-0.2, 0) is 6.54 Å². The van der Waals surface area contributed by atoms with E-state index in [4.69, 9.17) is 24.2 Å². The molecule has 0 amide bonds. The molecule has 4 rings (SSSR count). The largest absolute Gasteiger partial charge is 0.493 e. The maximum atomic E-state index is 11.5. The van der Waals surface area contributed by atoms with Crippen LogP contribution in [-0.4, -0.2) is 92.5 Å². The fourth-order valence-corrected chi connectivity index (χ4v) is 5.00.